The highest BCUT2D eigenvalue weighted by Gasteiger charge is 1.99. The Morgan fingerprint density at radius 1 is 1.67 bits per heavy atom. The number of aromatic nitrogens is 3. The van der Waals surface area contributed by atoms with Gasteiger partial charge in [0, 0.05) is 0 Å². The van der Waals surface area contributed by atoms with E-state index in [1.807, 2.05) is 0 Å². The van der Waals surface area contributed by atoms with Crippen LogP contribution in [-0.4, -0.2) is 15.4 Å². The summed E-state index contributed by atoms with van der Waals surface area (Å²) in [4.78, 5) is 9.69. The molecule has 0 saturated heterocycles. The predicted molar refractivity (Wildman–Crippen MR) is 30.6 cm³/mol. The molecule has 48 valence electrons. The number of aryl methyl sites for hydroxylation is 1. The Kier molecular flexibility index (Phi) is 1.53. The largest absolute Gasteiger partial charge is 0.197 e. The van der Waals surface area contributed by atoms with Crippen LogP contribution in [0, 0.1) is 11.8 Å². The highest BCUT2D eigenvalue weighted by Crippen LogP contribution is 1.98. The Balaban J connectivity index is 2.80. The van der Waals surface area contributed by atoms with Crippen molar-refractivity contribution in [2.75, 3.05) is 0 Å². The van der Waals surface area contributed by atoms with Gasteiger partial charge in [0.25, 0.3) is 0 Å². The van der Waals surface area contributed by atoms with Gasteiger partial charge < -0.3 is 0 Å². The Hall–Kier alpha value is -1.26. The standard InChI is InChI=1S/C4H6N4O/c1-3-4(2-5-9)7-8-6-3/h2H2,1H3,(H,6,7,8). The Morgan fingerprint density at radius 3 is 2.89 bits per heavy atom. The maximum absolute atomic E-state index is 9.69. The van der Waals surface area contributed by atoms with Crippen LogP contribution in [0.4, 0.5) is 0 Å². The number of H-pyrrole nitrogens is 1. The quantitative estimate of drug-likeness (QED) is 0.582. The first-order valence-corrected chi connectivity index (χ1v) is 2.50. The second-order valence-corrected chi connectivity index (χ2v) is 1.64. The van der Waals surface area contributed by atoms with Gasteiger partial charge in [-0.1, -0.05) is 5.18 Å². The van der Waals surface area contributed by atoms with Crippen LogP contribution in [0.1, 0.15) is 11.4 Å². The van der Waals surface area contributed by atoms with Gasteiger partial charge in [0.1, 0.15) is 12.2 Å². The van der Waals surface area contributed by atoms with Crippen molar-refractivity contribution in [2.45, 2.75) is 13.5 Å². The van der Waals surface area contributed by atoms with E-state index in [0.717, 1.165) is 5.69 Å². The van der Waals surface area contributed by atoms with Gasteiger partial charge in [-0.25, -0.2) is 0 Å². The Labute approximate surface area is 51.4 Å². The van der Waals surface area contributed by atoms with Crippen LogP contribution in [-0.2, 0) is 6.54 Å². The number of nitrogens with one attached hydrogen (secondary N) is 1. The zero-order chi connectivity index (χ0) is 6.69. The Bertz CT molecular complexity index is 206. The van der Waals surface area contributed by atoms with Crippen molar-refractivity contribution in [3.63, 3.8) is 0 Å². The minimum absolute atomic E-state index is 0.0995. The topological polar surface area (TPSA) is 71.0 Å². The van der Waals surface area contributed by atoms with Crippen LogP contribution in [0.2, 0.25) is 0 Å². The predicted octanol–water partition coefficient (Wildman–Crippen LogP) is 0.380. The fourth-order valence-corrected chi connectivity index (χ4v) is 0.517. The molecule has 1 heterocycles. The van der Waals surface area contributed by atoms with Crippen LogP contribution in [0.3, 0.4) is 0 Å². The lowest BCUT2D eigenvalue weighted by Gasteiger charge is -1.81. The molecule has 9 heavy (non-hydrogen) atoms. The molecule has 0 fully saturated rings. The molecule has 5 heteroatoms. The molecule has 1 aromatic heterocycles. The molecule has 1 aromatic rings. The van der Waals surface area contributed by atoms with Crippen molar-refractivity contribution in [3.05, 3.63) is 16.3 Å². The van der Waals surface area contributed by atoms with E-state index < -0.39 is 0 Å². The molecule has 5 nitrogen and oxygen atoms in total. The van der Waals surface area contributed by atoms with Crippen molar-refractivity contribution < 1.29 is 0 Å². The van der Waals surface area contributed by atoms with Gasteiger partial charge in [-0.05, 0) is 6.92 Å². The van der Waals surface area contributed by atoms with Crippen LogP contribution in [0.25, 0.3) is 0 Å². The number of rotatable bonds is 2. The summed E-state index contributed by atoms with van der Waals surface area (Å²) < 4.78 is 0. The van der Waals surface area contributed by atoms with Crippen molar-refractivity contribution in [3.8, 4) is 0 Å². The first-order chi connectivity index (χ1) is 4.34. The molecular weight excluding hydrogens is 120 g/mol. The fourth-order valence-electron chi connectivity index (χ4n) is 0.517. The summed E-state index contributed by atoms with van der Waals surface area (Å²) in [6.45, 7) is 1.87. The lowest BCUT2D eigenvalue weighted by Crippen LogP contribution is -1.83. The molecule has 0 atom stereocenters. The van der Waals surface area contributed by atoms with Crippen molar-refractivity contribution in [1.82, 2.24) is 15.4 Å². The summed E-state index contributed by atoms with van der Waals surface area (Å²) in [5.41, 5.74) is 1.35. The van der Waals surface area contributed by atoms with Gasteiger partial charge in [-0.2, -0.15) is 20.3 Å². The van der Waals surface area contributed by atoms with Crippen LogP contribution >= 0.6 is 0 Å². The lowest BCUT2D eigenvalue weighted by molar-refractivity contribution is 0.895. The summed E-state index contributed by atoms with van der Waals surface area (Å²) in [5, 5.41) is 12.4. The fraction of sp³-hybridized carbons (Fsp3) is 0.500. The third-order valence-electron chi connectivity index (χ3n) is 1.03. The molecule has 0 aliphatic rings. The number of hydrogen-bond donors (Lipinski definition) is 1. The molecule has 1 rings (SSSR count). The van der Waals surface area contributed by atoms with Gasteiger partial charge in [0.05, 0.1) is 5.69 Å². The van der Waals surface area contributed by atoms with Gasteiger partial charge in [-0.15, -0.1) is 0 Å². The minimum atomic E-state index is 0.0995. The normalized spacial score (nSPS) is 9.44. The summed E-state index contributed by atoms with van der Waals surface area (Å²) in [5.74, 6) is 0. The lowest BCUT2D eigenvalue weighted by atomic mass is 10.3. The van der Waals surface area contributed by atoms with E-state index in [1.54, 1.807) is 6.92 Å². The molecule has 0 saturated carbocycles. The number of nitroso groups, excluding NO2 is 1. The van der Waals surface area contributed by atoms with Crippen LogP contribution in [0.5, 0.6) is 0 Å². The first kappa shape index (κ1) is 5.87. The molecular formula is C4H6N4O. The molecule has 0 aromatic carbocycles. The van der Waals surface area contributed by atoms with Gasteiger partial charge in [-0.3, -0.25) is 0 Å². The summed E-state index contributed by atoms with van der Waals surface area (Å²) in [6, 6.07) is 0. The van der Waals surface area contributed by atoms with Crippen LogP contribution in [0.15, 0.2) is 5.18 Å². The molecule has 0 radical (unpaired) electrons. The molecule has 0 aliphatic carbocycles. The van der Waals surface area contributed by atoms with Crippen molar-refractivity contribution in [2.24, 2.45) is 5.18 Å². The third kappa shape index (κ3) is 1.10. The van der Waals surface area contributed by atoms with Crippen molar-refractivity contribution >= 4 is 0 Å². The van der Waals surface area contributed by atoms with E-state index in [-0.39, 0.29) is 6.54 Å². The molecule has 0 spiro atoms. The zero-order valence-electron chi connectivity index (χ0n) is 4.96. The van der Waals surface area contributed by atoms with Gasteiger partial charge in [0.15, 0.2) is 0 Å². The monoisotopic (exact) mass is 126 g/mol. The maximum Gasteiger partial charge on any atom is 0.127 e. The van der Waals surface area contributed by atoms with E-state index in [9.17, 15) is 4.91 Å². The van der Waals surface area contributed by atoms with E-state index in [4.69, 9.17) is 0 Å². The third-order valence-corrected chi connectivity index (χ3v) is 1.03. The van der Waals surface area contributed by atoms with E-state index >= 15 is 0 Å². The van der Waals surface area contributed by atoms with Crippen LogP contribution < -0.4 is 0 Å². The van der Waals surface area contributed by atoms with Gasteiger partial charge >= 0.3 is 0 Å². The van der Waals surface area contributed by atoms with Gasteiger partial charge in [0.2, 0.25) is 0 Å². The average molecular weight is 126 g/mol. The number of aromatic amines is 1. The highest BCUT2D eigenvalue weighted by atomic mass is 16.3. The van der Waals surface area contributed by atoms with E-state index in [2.05, 4.69) is 20.6 Å². The number of hydrogen-bond acceptors (Lipinski definition) is 4. The SMILES string of the molecule is Cc1n[nH]nc1CN=O. The average Bonchev–Trinajstić information content (AvgIpc) is 2.18. The molecule has 1 N–H and O–H groups in total. The molecule has 0 aliphatic heterocycles. The van der Waals surface area contributed by atoms with E-state index in [0.29, 0.717) is 5.69 Å². The highest BCUT2D eigenvalue weighted by molar-refractivity contribution is 5.04. The first-order valence-electron chi connectivity index (χ1n) is 2.50. The molecule has 0 bridgehead atoms. The maximum atomic E-state index is 9.69. The second-order valence-electron chi connectivity index (χ2n) is 1.64. The number of nitrogens with zero attached hydrogens (tertiary/aromatic N) is 3. The zero-order valence-corrected chi connectivity index (χ0v) is 4.96. The minimum Gasteiger partial charge on any atom is -0.197 e. The van der Waals surface area contributed by atoms with E-state index in [1.165, 1.54) is 0 Å². The molecule has 0 unspecified atom stereocenters. The second kappa shape index (κ2) is 2.34. The summed E-state index contributed by atoms with van der Waals surface area (Å²) in [7, 11) is 0. The van der Waals surface area contributed by atoms with Crippen molar-refractivity contribution in [1.29, 1.82) is 0 Å². The smallest absolute Gasteiger partial charge is 0.127 e. The molecule has 0 amide bonds. The summed E-state index contributed by atoms with van der Waals surface area (Å²) >= 11 is 0. The summed E-state index contributed by atoms with van der Waals surface area (Å²) in [6.07, 6.45) is 0. The Morgan fingerprint density at radius 2 is 2.44 bits per heavy atom.